The van der Waals surface area contributed by atoms with Crippen LogP contribution in [0.15, 0.2) is 18.3 Å². The minimum atomic E-state index is 0.653. The third-order valence-corrected chi connectivity index (χ3v) is 4.65. The fourth-order valence-corrected chi connectivity index (χ4v) is 3.44. The molecule has 0 atom stereocenters. The molecule has 3 heteroatoms. The lowest BCUT2D eigenvalue weighted by Gasteiger charge is -2.28. The topological polar surface area (TPSA) is 28.2 Å². The van der Waals surface area contributed by atoms with Crippen molar-refractivity contribution in [1.29, 1.82) is 0 Å². The van der Waals surface area contributed by atoms with E-state index in [1.165, 1.54) is 76.6 Å². The number of aromatic nitrogens is 1. The molecule has 2 aliphatic rings. The molecule has 110 valence electrons. The first kappa shape index (κ1) is 13.7. The Hall–Kier alpha value is -1.25. The van der Waals surface area contributed by atoms with Gasteiger partial charge in [-0.05, 0) is 44.2 Å². The SMILES string of the molecule is c1cc(N2CCCCC2)ncc1NC1CCCCCC1. The van der Waals surface area contributed by atoms with Crippen LogP contribution in [0.3, 0.4) is 0 Å². The van der Waals surface area contributed by atoms with Crippen LogP contribution in [0.4, 0.5) is 11.5 Å². The number of nitrogens with one attached hydrogen (secondary N) is 1. The molecule has 1 aromatic heterocycles. The van der Waals surface area contributed by atoms with Crippen LogP contribution >= 0.6 is 0 Å². The van der Waals surface area contributed by atoms with Gasteiger partial charge in [-0.2, -0.15) is 0 Å². The van der Waals surface area contributed by atoms with Crippen LogP contribution in [0.2, 0.25) is 0 Å². The van der Waals surface area contributed by atoms with Crippen LogP contribution in [0, 0.1) is 0 Å². The lowest BCUT2D eigenvalue weighted by Crippen LogP contribution is -2.30. The summed E-state index contributed by atoms with van der Waals surface area (Å²) in [5.74, 6) is 1.15. The molecule has 2 heterocycles. The molecule has 1 aliphatic heterocycles. The van der Waals surface area contributed by atoms with Gasteiger partial charge >= 0.3 is 0 Å². The highest BCUT2D eigenvalue weighted by molar-refractivity contribution is 5.49. The van der Waals surface area contributed by atoms with E-state index in [2.05, 4.69) is 27.3 Å². The molecule has 1 aliphatic carbocycles. The van der Waals surface area contributed by atoms with E-state index < -0.39 is 0 Å². The first-order chi connectivity index (χ1) is 9.92. The lowest BCUT2D eigenvalue weighted by molar-refractivity contribution is 0.573. The molecule has 1 saturated heterocycles. The van der Waals surface area contributed by atoms with Crippen LogP contribution in [0.25, 0.3) is 0 Å². The van der Waals surface area contributed by atoms with Crippen molar-refractivity contribution in [1.82, 2.24) is 4.98 Å². The van der Waals surface area contributed by atoms with Gasteiger partial charge in [0.2, 0.25) is 0 Å². The maximum Gasteiger partial charge on any atom is 0.128 e. The Morgan fingerprint density at radius 3 is 2.25 bits per heavy atom. The summed E-state index contributed by atoms with van der Waals surface area (Å²) in [7, 11) is 0. The molecular weight excluding hydrogens is 246 g/mol. The van der Waals surface area contributed by atoms with E-state index in [1.807, 2.05) is 6.20 Å². The normalized spacial score (nSPS) is 21.5. The molecule has 1 N–H and O–H groups in total. The summed E-state index contributed by atoms with van der Waals surface area (Å²) in [6, 6.07) is 5.05. The molecule has 3 rings (SSSR count). The summed E-state index contributed by atoms with van der Waals surface area (Å²) in [6.45, 7) is 2.34. The molecule has 0 spiro atoms. The third-order valence-electron chi connectivity index (χ3n) is 4.65. The van der Waals surface area contributed by atoms with Crippen molar-refractivity contribution in [3.63, 3.8) is 0 Å². The fourth-order valence-electron chi connectivity index (χ4n) is 3.44. The number of rotatable bonds is 3. The maximum absolute atomic E-state index is 4.65. The highest BCUT2D eigenvalue weighted by Crippen LogP contribution is 2.23. The number of pyridine rings is 1. The molecule has 3 nitrogen and oxygen atoms in total. The molecular formula is C17H27N3. The molecule has 1 saturated carbocycles. The quantitative estimate of drug-likeness (QED) is 0.836. The minimum absolute atomic E-state index is 0.653. The second-order valence-corrected chi connectivity index (χ2v) is 6.29. The fraction of sp³-hybridized carbons (Fsp3) is 0.706. The largest absolute Gasteiger partial charge is 0.381 e. The van der Waals surface area contributed by atoms with E-state index in [-0.39, 0.29) is 0 Å². The van der Waals surface area contributed by atoms with Crippen molar-refractivity contribution in [2.75, 3.05) is 23.3 Å². The predicted octanol–water partition coefficient (Wildman–Crippen LogP) is 4.21. The Bertz CT molecular complexity index is 387. The van der Waals surface area contributed by atoms with Crippen molar-refractivity contribution in [3.05, 3.63) is 18.3 Å². The van der Waals surface area contributed by atoms with Crippen molar-refractivity contribution in [2.45, 2.75) is 63.8 Å². The summed E-state index contributed by atoms with van der Waals surface area (Å²) >= 11 is 0. The van der Waals surface area contributed by atoms with Gasteiger partial charge in [0.25, 0.3) is 0 Å². The Balaban J connectivity index is 1.57. The molecule has 20 heavy (non-hydrogen) atoms. The van der Waals surface area contributed by atoms with Gasteiger partial charge in [0.05, 0.1) is 11.9 Å². The number of piperidine rings is 1. The summed E-state index contributed by atoms with van der Waals surface area (Å²) in [6.07, 6.45) is 14.2. The Kier molecular flexibility index (Phi) is 4.77. The van der Waals surface area contributed by atoms with E-state index >= 15 is 0 Å². The van der Waals surface area contributed by atoms with E-state index in [0.29, 0.717) is 6.04 Å². The maximum atomic E-state index is 4.65. The number of anilines is 2. The Labute approximate surface area is 122 Å². The number of nitrogens with zero attached hydrogens (tertiary/aromatic N) is 2. The van der Waals surface area contributed by atoms with E-state index in [4.69, 9.17) is 0 Å². The van der Waals surface area contributed by atoms with Crippen molar-refractivity contribution < 1.29 is 0 Å². The molecule has 0 radical (unpaired) electrons. The molecule has 0 bridgehead atoms. The standard InChI is InChI=1S/C17H27N3/c1-2-5-9-15(8-4-1)19-16-10-11-17(18-14-16)20-12-6-3-7-13-20/h10-11,14-15,19H,1-9,12-13H2. The molecule has 0 amide bonds. The van der Waals surface area contributed by atoms with Gasteiger partial charge in [-0.3, -0.25) is 0 Å². The first-order valence-corrected chi connectivity index (χ1v) is 8.39. The van der Waals surface area contributed by atoms with Crippen LogP contribution in [0.5, 0.6) is 0 Å². The lowest BCUT2D eigenvalue weighted by atomic mass is 10.1. The van der Waals surface area contributed by atoms with Gasteiger partial charge in [0.15, 0.2) is 0 Å². The van der Waals surface area contributed by atoms with Crippen LogP contribution in [-0.2, 0) is 0 Å². The Morgan fingerprint density at radius 2 is 1.60 bits per heavy atom. The van der Waals surface area contributed by atoms with Gasteiger partial charge in [0, 0.05) is 19.1 Å². The van der Waals surface area contributed by atoms with Gasteiger partial charge < -0.3 is 10.2 Å². The molecule has 0 aromatic carbocycles. The van der Waals surface area contributed by atoms with Crippen molar-refractivity contribution >= 4 is 11.5 Å². The van der Waals surface area contributed by atoms with Crippen molar-refractivity contribution in [3.8, 4) is 0 Å². The average Bonchev–Trinajstić information content (AvgIpc) is 2.78. The zero-order valence-electron chi connectivity index (χ0n) is 12.5. The Morgan fingerprint density at radius 1 is 0.900 bits per heavy atom. The third kappa shape index (κ3) is 3.65. The van der Waals surface area contributed by atoms with Crippen LogP contribution in [-0.4, -0.2) is 24.1 Å². The predicted molar refractivity (Wildman–Crippen MR) is 85.4 cm³/mol. The second-order valence-electron chi connectivity index (χ2n) is 6.29. The van der Waals surface area contributed by atoms with Crippen molar-refractivity contribution in [2.24, 2.45) is 0 Å². The highest BCUT2D eigenvalue weighted by atomic mass is 15.2. The summed E-state index contributed by atoms with van der Waals surface area (Å²) in [4.78, 5) is 7.07. The second kappa shape index (κ2) is 6.96. The monoisotopic (exact) mass is 273 g/mol. The van der Waals surface area contributed by atoms with Crippen LogP contribution in [0.1, 0.15) is 57.8 Å². The number of hydrogen-bond acceptors (Lipinski definition) is 3. The summed E-state index contributed by atoms with van der Waals surface area (Å²) in [5.41, 5.74) is 1.19. The summed E-state index contributed by atoms with van der Waals surface area (Å²) in [5, 5.41) is 3.67. The zero-order valence-corrected chi connectivity index (χ0v) is 12.5. The van der Waals surface area contributed by atoms with Gasteiger partial charge in [-0.25, -0.2) is 4.98 Å². The molecule has 0 unspecified atom stereocenters. The van der Waals surface area contributed by atoms with Gasteiger partial charge in [0.1, 0.15) is 5.82 Å². The van der Waals surface area contributed by atoms with Crippen LogP contribution < -0.4 is 10.2 Å². The summed E-state index contributed by atoms with van der Waals surface area (Å²) < 4.78 is 0. The molecule has 1 aromatic rings. The smallest absolute Gasteiger partial charge is 0.128 e. The van der Waals surface area contributed by atoms with E-state index in [9.17, 15) is 0 Å². The van der Waals surface area contributed by atoms with Gasteiger partial charge in [-0.1, -0.05) is 25.7 Å². The molecule has 2 fully saturated rings. The van der Waals surface area contributed by atoms with Gasteiger partial charge in [-0.15, -0.1) is 0 Å². The zero-order chi connectivity index (χ0) is 13.6. The minimum Gasteiger partial charge on any atom is -0.381 e. The van der Waals surface area contributed by atoms with E-state index in [0.717, 1.165) is 5.82 Å². The number of hydrogen-bond donors (Lipinski definition) is 1. The first-order valence-electron chi connectivity index (χ1n) is 8.39. The highest BCUT2D eigenvalue weighted by Gasteiger charge is 2.14. The van der Waals surface area contributed by atoms with E-state index in [1.54, 1.807) is 0 Å². The average molecular weight is 273 g/mol.